The average molecular weight is 343 g/mol. The highest BCUT2D eigenvalue weighted by Gasteiger charge is 2.19. The van der Waals surface area contributed by atoms with Gasteiger partial charge in [-0.05, 0) is 13.3 Å². The Bertz CT molecular complexity index is 276. The molecule has 0 spiro atoms. The van der Waals surface area contributed by atoms with E-state index in [2.05, 4.69) is 6.92 Å². The van der Waals surface area contributed by atoms with Gasteiger partial charge in [-0.25, -0.2) is 0 Å². The fraction of sp³-hybridized carbons (Fsp3) is 0.952. The highest BCUT2D eigenvalue weighted by molar-refractivity contribution is 5.83. The molecule has 144 valence electrons. The first kappa shape index (κ1) is 23.6. The second-order valence-electron chi connectivity index (χ2n) is 7.35. The fourth-order valence-electron chi connectivity index (χ4n) is 3.09. The minimum Gasteiger partial charge on any atom is -0.390 e. The summed E-state index contributed by atoms with van der Waals surface area (Å²) in [7, 11) is 0. The largest absolute Gasteiger partial charge is 0.390 e. The van der Waals surface area contributed by atoms with Gasteiger partial charge in [0.05, 0.1) is 6.10 Å². The monoisotopic (exact) mass is 342 g/mol. The average Bonchev–Trinajstić information content (AvgIpc) is 2.57. The van der Waals surface area contributed by atoms with Gasteiger partial charge >= 0.3 is 0 Å². The highest BCUT2D eigenvalue weighted by atomic mass is 16.3. The van der Waals surface area contributed by atoms with E-state index >= 15 is 0 Å². The molecule has 2 unspecified atom stereocenters. The van der Waals surface area contributed by atoms with Gasteiger partial charge in [-0.1, -0.05) is 96.8 Å². The van der Waals surface area contributed by atoms with Gasteiger partial charge in [-0.15, -0.1) is 0 Å². The van der Waals surface area contributed by atoms with E-state index in [1.807, 2.05) is 0 Å². The van der Waals surface area contributed by atoms with Gasteiger partial charge in [0.2, 0.25) is 0 Å². The predicted molar refractivity (Wildman–Crippen MR) is 102 cm³/mol. The molecule has 24 heavy (non-hydrogen) atoms. The number of rotatable bonds is 18. The molecule has 2 atom stereocenters. The molecule has 0 aromatic carbocycles. The highest BCUT2D eigenvalue weighted by Crippen LogP contribution is 2.14. The molecule has 0 aromatic rings. The van der Waals surface area contributed by atoms with Crippen LogP contribution in [0.25, 0.3) is 0 Å². The molecular weight excluding hydrogens is 300 g/mol. The minimum atomic E-state index is -1.20. The van der Waals surface area contributed by atoms with E-state index in [0.29, 0.717) is 6.42 Å². The summed E-state index contributed by atoms with van der Waals surface area (Å²) in [5, 5.41) is 18.6. The van der Waals surface area contributed by atoms with Gasteiger partial charge in [0.1, 0.15) is 6.10 Å². The molecular formula is C21H42O3. The van der Waals surface area contributed by atoms with Gasteiger partial charge in [0.15, 0.2) is 5.78 Å². The van der Waals surface area contributed by atoms with Crippen molar-refractivity contribution >= 4 is 5.78 Å². The van der Waals surface area contributed by atoms with Gasteiger partial charge < -0.3 is 10.2 Å². The van der Waals surface area contributed by atoms with Gasteiger partial charge in [-0.2, -0.15) is 0 Å². The fourth-order valence-corrected chi connectivity index (χ4v) is 3.09. The summed E-state index contributed by atoms with van der Waals surface area (Å²) in [6.07, 6.45) is 17.8. The molecule has 3 nitrogen and oxygen atoms in total. The zero-order valence-corrected chi connectivity index (χ0v) is 16.3. The maximum atomic E-state index is 11.5. The lowest BCUT2D eigenvalue weighted by Crippen LogP contribution is -2.31. The first-order chi connectivity index (χ1) is 11.6. The zero-order valence-electron chi connectivity index (χ0n) is 16.3. The van der Waals surface area contributed by atoms with Crippen molar-refractivity contribution < 1.29 is 15.0 Å². The standard InChI is InChI=1S/C21H42O3/c1-3-4-5-6-7-8-9-10-11-12-13-14-15-16-17-18-20(23)21(24)19(2)22/h19,21-22,24H,3-18H2,1-2H3. The van der Waals surface area contributed by atoms with Crippen molar-refractivity contribution in [2.24, 2.45) is 0 Å². The zero-order chi connectivity index (χ0) is 18.0. The molecule has 0 aromatic heterocycles. The summed E-state index contributed by atoms with van der Waals surface area (Å²) < 4.78 is 0. The maximum Gasteiger partial charge on any atom is 0.163 e. The third-order valence-electron chi connectivity index (χ3n) is 4.81. The number of carbonyl (C=O) groups is 1. The van der Waals surface area contributed by atoms with Crippen LogP contribution < -0.4 is 0 Å². The van der Waals surface area contributed by atoms with Crippen LogP contribution in [0.3, 0.4) is 0 Å². The van der Waals surface area contributed by atoms with Crippen molar-refractivity contribution in [1.82, 2.24) is 0 Å². The van der Waals surface area contributed by atoms with E-state index in [-0.39, 0.29) is 5.78 Å². The molecule has 0 aliphatic carbocycles. The smallest absolute Gasteiger partial charge is 0.163 e. The number of ketones is 1. The number of Topliss-reactive ketones (excluding diaryl/α,β-unsaturated/α-hetero) is 1. The van der Waals surface area contributed by atoms with Crippen molar-refractivity contribution in [3.63, 3.8) is 0 Å². The van der Waals surface area contributed by atoms with E-state index in [1.165, 1.54) is 90.4 Å². The van der Waals surface area contributed by atoms with E-state index in [4.69, 9.17) is 5.11 Å². The maximum absolute atomic E-state index is 11.5. The van der Waals surface area contributed by atoms with Crippen LogP contribution in [-0.4, -0.2) is 28.2 Å². The molecule has 0 radical (unpaired) electrons. The van der Waals surface area contributed by atoms with Gasteiger partial charge in [0.25, 0.3) is 0 Å². The number of carbonyl (C=O) groups excluding carboxylic acids is 1. The normalized spacial score (nSPS) is 13.8. The van der Waals surface area contributed by atoms with Crippen molar-refractivity contribution in [1.29, 1.82) is 0 Å². The Hall–Kier alpha value is -0.410. The number of unbranched alkanes of at least 4 members (excludes halogenated alkanes) is 14. The van der Waals surface area contributed by atoms with Crippen LogP contribution in [0.2, 0.25) is 0 Å². The summed E-state index contributed by atoms with van der Waals surface area (Å²) in [6, 6.07) is 0. The molecule has 0 saturated carbocycles. The molecule has 3 heteroatoms. The lowest BCUT2D eigenvalue weighted by Gasteiger charge is -2.11. The van der Waals surface area contributed by atoms with E-state index < -0.39 is 12.2 Å². The van der Waals surface area contributed by atoms with E-state index in [1.54, 1.807) is 0 Å². The lowest BCUT2D eigenvalue weighted by molar-refractivity contribution is -0.132. The molecule has 2 N–H and O–H groups in total. The number of hydrogen-bond donors (Lipinski definition) is 2. The predicted octanol–water partition coefficient (Wildman–Crippen LogP) is 5.56. The molecule has 0 bridgehead atoms. The third kappa shape index (κ3) is 15.1. The van der Waals surface area contributed by atoms with Gasteiger partial charge in [-0.3, -0.25) is 4.79 Å². The van der Waals surface area contributed by atoms with Crippen LogP contribution >= 0.6 is 0 Å². The second-order valence-corrected chi connectivity index (χ2v) is 7.35. The minimum absolute atomic E-state index is 0.223. The van der Waals surface area contributed by atoms with E-state index in [9.17, 15) is 9.90 Å². The molecule has 0 aliphatic rings. The van der Waals surface area contributed by atoms with Crippen LogP contribution in [0.15, 0.2) is 0 Å². The summed E-state index contributed by atoms with van der Waals surface area (Å²) in [4.78, 5) is 11.5. The Kier molecular flexibility index (Phi) is 17.1. The summed E-state index contributed by atoms with van der Waals surface area (Å²) >= 11 is 0. The first-order valence-corrected chi connectivity index (χ1v) is 10.5. The number of aliphatic hydroxyl groups excluding tert-OH is 2. The van der Waals surface area contributed by atoms with Crippen molar-refractivity contribution in [3.8, 4) is 0 Å². The van der Waals surface area contributed by atoms with Crippen LogP contribution in [0, 0.1) is 0 Å². The van der Waals surface area contributed by atoms with Crippen LogP contribution in [0.1, 0.15) is 117 Å². The van der Waals surface area contributed by atoms with Gasteiger partial charge in [0, 0.05) is 6.42 Å². The van der Waals surface area contributed by atoms with E-state index in [0.717, 1.165) is 12.8 Å². The van der Waals surface area contributed by atoms with Crippen molar-refractivity contribution in [2.45, 2.75) is 129 Å². The number of aliphatic hydroxyl groups is 2. The number of hydrogen-bond acceptors (Lipinski definition) is 3. The van der Waals surface area contributed by atoms with Crippen molar-refractivity contribution in [3.05, 3.63) is 0 Å². The Morgan fingerprint density at radius 3 is 1.33 bits per heavy atom. The third-order valence-corrected chi connectivity index (χ3v) is 4.81. The molecule has 0 fully saturated rings. The Balaban J connectivity index is 3.17. The Morgan fingerprint density at radius 1 is 0.667 bits per heavy atom. The summed E-state index contributed by atoms with van der Waals surface area (Å²) in [6.45, 7) is 3.72. The Labute approximate surface area is 150 Å². The SMILES string of the molecule is CCCCCCCCCCCCCCCCCC(=O)C(O)C(C)O. The molecule has 0 saturated heterocycles. The topological polar surface area (TPSA) is 57.5 Å². The second kappa shape index (κ2) is 17.4. The van der Waals surface area contributed by atoms with Crippen LogP contribution in [0.4, 0.5) is 0 Å². The lowest BCUT2D eigenvalue weighted by atomic mass is 10.0. The van der Waals surface area contributed by atoms with Crippen LogP contribution in [-0.2, 0) is 4.79 Å². The first-order valence-electron chi connectivity index (χ1n) is 10.5. The molecule has 0 amide bonds. The van der Waals surface area contributed by atoms with Crippen LogP contribution in [0.5, 0.6) is 0 Å². The summed E-state index contributed by atoms with van der Waals surface area (Å²) in [5.74, 6) is -0.223. The molecule has 0 aliphatic heterocycles. The molecule has 0 heterocycles. The Morgan fingerprint density at radius 2 is 1.00 bits per heavy atom. The summed E-state index contributed by atoms with van der Waals surface area (Å²) in [5.41, 5.74) is 0. The van der Waals surface area contributed by atoms with Crippen molar-refractivity contribution in [2.75, 3.05) is 0 Å². The molecule has 0 rings (SSSR count). The quantitative estimate of drug-likeness (QED) is 0.321.